The number of nitrogens with one attached hydrogen (secondary N) is 3. The third-order valence-electron chi connectivity index (χ3n) is 5.82. The SMILES string of the molecule is C.CC(=O)O.CC([NH-])=O.C[C@H](C(OC([NH-])=O)C(C)(C)C)C(C)(C)C.C[C@H](C(OC([NH-])=O)C(C)(C)C)C(C)(C)C.[K+].[K+].[NH2-]. The third kappa shape index (κ3) is 38.7. The predicted octanol–water partition coefficient (Wildman–Crippen LogP) is 4.58. The number of nitrogens with two attached hydrogens (primary N) is 1. The number of rotatable bonds is 4. The largest absolute Gasteiger partial charge is 1.00 e. The van der Waals surface area contributed by atoms with Gasteiger partial charge in [-0.1, -0.05) is 104 Å². The second-order valence-electron chi connectivity index (χ2n) is 13.8. The van der Waals surface area contributed by atoms with Crippen LogP contribution in [0, 0.1) is 33.5 Å². The van der Waals surface area contributed by atoms with E-state index in [1.807, 2.05) is 41.5 Å². The average Bonchev–Trinajstić information content (AvgIpc) is 2.59. The van der Waals surface area contributed by atoms with Crippen molar-refractivity contribution in [3.8, 4) is 0 Å². The molecule has 2 unspecified atom stereocenters. The molecule has 0 aliphatic rings. The molecule has 4 atom stereocenters. The maximum atomic E-state index is 10.8. The first-order valence-corrected chi connectivity index (χ1v) is 12.6. The number of carbonyl (C=O) groups is 4. The Morgan fingerprint density at radius 2 is 0.714 bits per heavy atom. The van der Waals surface area contributed by atoms with Gasteiger partial charge >= 0.3 is 103 Å². The number of amides is 3. The van der Waals surface area contributed by atoms with Crippen LogP contribution in [0.1, 0.15) is 118 Å². The molecule has 0 aliphatic carbocycles. The molecule has 0 heterocycles. The van der Waals surface area contributed by atoms with Crippen molar-refractivity contribution in [2.45, 2.75) is 130 Å². The Hall–Kier alpha value is 0.713. The van der Waals surface area contributed by atoms with Crippen LogP contribution < -0.4 is 103 Å². The van der Waals surface area contributed by atoms with Gasteiger partial charge in [-0.05, 0) is 40.4 Å². The number of carbonyl (C=O) groups excluding carboxylic acids is 3. The van der Waals surface area contributed by atoms with Gasteiger partial charge in [-0.3, -0.25) is 14.4 Å². The van der Waals surface area contributed by atoms with Crippen LogP contribution in [0.5, 0.6) is 0 Å². The van der Waals surface area contributed by atoms with Gasteiger partial charge in [-0.15, -0.1) is 0 Å². The van der Waals surface area contributed by atoms with E-state index in [-0.39, 0.29) is 162 Å². The Bertz CT molecular complexity index is 670. The molecule has 0 aromatic rings. The molecule has 0 saturated carbocycles. The Morgan fingerprint density at radius 1 is 0.571 bits per heavy atom. The molecule has 0 bridgehead atoms. The average molecular weight is 657 g/mol. The third-order valence-corrected chi connectivity index (χ3v) is 5.82. The molecule has 3 amide bonds. The monoisotopic (exact) mass is 656 g/mol. The van der Waals surface area contributed by atoms with Crippen LogP contribution in [-0.2, 0) is 19.1 Å². The van der Waals surface area contributed by atoms with Gasteiger partial charge in [0.05, 0.1) is 0 Å². The number of carboxylic acids is 1. The maximum Gasteiger partial charge on any atom is 1.00 e. The Labute approximate surface area is 343 Å². The van der Waals surface area contributed by atoms with E-state index in [9.17, 15) is 9.59 Å². The standard InChI is InChI=1S/2C12H25NO2.C2H5NO.C2H4O2.CH4.2K.H2N/c2*1-8(11(2,3)4)9(12(5,6)7)15-10(13)14;2*1-2(3)4;;;;/h2*8-9H,1-7H3,(H2,13,14);1H3,(H2,3,4);1H3,(H,3,4);1H4;;;1H2/q;;;;;2*+1;-1/p-3/t2*8-,9?;;;;;;/m11....../s1. The first kappa shape index (κ1) is 61.7. The van der Waals surface area contributed by atoms with E-state index in [1.54, 1.807) is 0 Å². The van der Waals surface area contributed by atoms with Gasteiger partial charge in [0.25, 0.3) is 5.97 Å². The summed E-state index contributed by atoms with van der Waals surface area (Å²) in [6.45, 7) is 31.3. The van der Waals surface area contributed by atoms with E-state index in [1.165, 1.54) is 6.92 Å². The second kappa shape index (κ2) is 26.9. The first-order valence-electron chi connectivity index (χ1n) is 12.6. The van der Waals surface area contributed by atoms with Crippen LogP contribution in [0.25, 0.3) is 23.4 Å². The molecule has 0 rings (SSSR count). The minimum atomic E-state index is -0.939. The summed E-state index contributed by atoms with van der Waals surface area (Å²) in [4.78, 5) is 39.7. The van der Waals surface area contributed by atoms with Crippen LogP contribution in [0.4, 0.5) is 9.59 Å². The molecular weight excluding hydrogens is 595 g/mol. The van der Waals surface area contributed by atoms with Gasteiger partial charge in [-0.2, -0.15) is 0 Å². The van der Waals surface area contributed by atoms with Crippen LogP contribution in [0.15, 0.2) is 0 Å². The summed E-state index contributed by atoms with van der Waals surface area (Å²) < 4.78 is 10.3. The fraction of sp³-hybridized carbons (Fsp3) is 0.862. The van der Waals surface area contributed by atoms with Crippen molar-refractivity contribution in [3.05, 3.63) is 23.4 Å². The quantitative estimate of drug-likeness (QED) is 0.425. The predicted molar refractivity (Wildman–Crippen MR) is 166 cm³/mol. The van der Waals surface area contributed by atoms with E-state index in [0.717, 1.165) is 6.92 Å². The number of hydrogen-bond acceptors (Lipinski definition) is 6. The van der Waals surface area contributed by atoms with Gasteiger partial charge in [0.1, 0.15) is 12.2 Å². The molecule has 0 radical (unpaired) electrons. The summed E-state index contributed by atoms with van der Waals surface area (Å²) in [5, 5.41) is 7.42. The minimum absolute atomic E-state index is 0. The molecule has 0 fully saturated rings. The zero-order valence-corrected chi connectivity index (χ0v) is 35.5. The summed E-state index contributed by atoms with van der Waals surface area (Å²) in [6.07, 6.45) is -2.32. The normalized spacial score (nSPS) is 13.3. The van der Waals surface area contributed by atoms with Crippen molar-refractivity contribution < 1.29 is 137 Å². The van der Waals surface area contributed by atoms with Crippen molar-refractivity contribution in [3.63, 3.8) is 0 Å². The molecule has 0 spiro atoms. The van der Waals surface area contributed by atoms with E-state index in [4.69, 9.17) is 41.4 Å². The molecule has 6 N–H and O–H groups in total. The van der Waals surface area contributed by atoms with Gasteiger partial charge in [0.15, 0.2) is 0 Å². The van der Waals surface area contributed by atoms with Crippen molar-refractivity contribution in [1.29, 1.82) is 0 Å². The summed E-state index contributed by atoms with van der Waals surface area (Å²) in [5.41, 5.74) is 19.6. The van der Waals surface area contributed by atoms with E-state index < -0.39 is 24.1 Å². The zero-order valence-electron chi connectivity index (χ0n) is 29.3. The molecule has 0 aliphatic heterocycles. The van der Waals surface area contributed by atoms with Crippen molar-refractivity contribution in [2.24, 2.45) is 33.5 Å². The summed E-state index contributed by atoms with van der Waals surface area (Å²) in [6, 6.07) is 0. The van der Waals surface area contributed by atoms with Crippen LogP contribution in [-0.4, -0.2) is 41.4 Å². The molecule has 0 aromatic heterocycles. The smallest absolute Gasteiger partial charge is 0.693 e. The molecular formula is C29H62K2N4O7-2. The second-order valence-corrected chi connectivity index (χ2v) is 13.8. The molecule has 244 valence electrons. The first-order chi connectivity index (χ1) is 16.4. The fourth-order valence-corrected chi connectivity index (χ4v) is 3.20. The van der Waals surface area contributed by atoms with Crippen molar-refractivity contribution >= 4 is 24.1 Å². The number of ether oxygens (including phenoxy) is 2. The van der Waals surface area contributed by atoms with Crippen LogP contribution in [0.3, 0.4) is 0 Å². The molecule has 0 aromatic carbocycles. The topological polar surface area (TPSA) is 212 Å². The molecule has 42 heavy (non-hydrogen) atoms. The Kier molecular flexibility index (Phi) is 39.5. The number of hydrogen-bond donors (Lipinski definition) is 1. The van der Waals surface area contributed by atoms with Gasteiger partial charge < -0.3 is 42.7 Å². The summed E-state index contributed by atoms with van der Waals surface area (Å²) in [7, 11) is 0. The minimum Gasteiger partial charge on any atom is -0.693 e. The molecule has 13 heteroatoms. The molecule has 11 nitrogen and oxygen atoms in total. The molecule has 0 saturated heterocycles. The van der Waals surface area contributed by atoms with E-state index >= 15 is 0 Å². The summed E-state index contributed by atoms with van der Waals surface area (Å²) >= 11 is 0. The Balaban J connectivity index is -0.0000000677. The van der Waals surface area contributed by atoms with Crippen molar-refractivity contribution in [2.75, 3.05) is 0 Å². The fourth-order valence-electron chi connectivity index (χ4n) is 3.20. The van der Waals surface area contributed by atoms with Gasteiger partial charge in [-0.25, -0.2) is 0 Å². The van der Waals surface area contributed by atoms with Crippen LogP contribution in [0.2, 0.25) is 0 Å². The van der Waals surface area contributed by atoms with E-state index in [0.29, 0.717) is 0 Å². The van der Waals surface area contributed by atoms with Gasteiger partial charge in [0.2, 0.25) is 12.2 Å². The number of carboxylic acid groups (broad SMARTS) is 1. The number of aliphatic carboxylic acids is 1. The van der Waals surface area contributed by atoms with Gasteiger partial charge in [0, 0.05) is 12.8 Å². The van der Waals surface area contributed by atoms with Crippen molar-refractivity contribution in [1.82, 2.24) is 0 Å². The Morgan fingerprint density at radius 3 is 0.786 bits per heavy atom. The zero-order chi connectivity index (χ0) is 32.0. The van der Waals surface area contributed by atoms with E-state index in [2.05, 4.69) is 55.4 Å². The summed E-state index contributed by atoms with van der Waals surface area (Å²) in [5.74, 6) is -0.987. The van der Waals surface area contributed by atoms with Crippen LogP contribution >= 0.6 is 0 Å². The maximum absolute atomic E-state index is 10.8.